The number of ether oxygens (including phenoxy) is 2. The van der Waals surface area contributed by atoms with Gasteiger partial charge in [0, 0.05) is 6.54 Å². The highest BCUT2D eigenvalue weighted by Gasteiger charge is 2.17. The third-order valence-electron chi connectivity index (χ3n) is 4.19. The van der Waals surface area contributed by atoms with Gasteiger partial charge >= 0.3 is 0 Å². The number of rotatable bonds is 6. The average molecular weight is 379 g/mol. The molecule has 0 saturated carbocycles. The van der Waals surface area contributed by atoms with Crippen LogP contribution in [0.15, 0.2) is 59.4 Å². The van der Waals surface area contributed by atoms with E-state index in [0.29, 0.717) is 11.4 Å². The summed E-state index contributed by atoms with van der Waals surface area (Å²) in [5, 5.41) is 6.95. The van der Waals surface area contributed by atoms with Crippen LogP contribution in [0.5, 0.6) is 11.6 Å². The number of nitrogens with zero attached hydrogens (tertiary/aromatic N) is 2. The topological polar surface area (TPSA) is 82.4 Å². The zero-order valence-electron chi connectivity index (χ0n) is 15.9. The van der Waals surface area contributed by atoms with Gasteiger partial charge in [0.05, 0.1) is 26.0 Å². The summed E-state index contributed by atoms with van der Waals surface area (Å²) in [7, 11) is 3.02. The minimum Gasteiger partial charge on any atom is -0.497 e. The fourth-order valence-electron chi connectivity index (χ4n) is 2.66. The summed E-state index contributed by atoms with van der Waals surface area (Å²) < 4.78 is 11.9. The van der Waals surface area contributed by atoms with Crippen LogP contribution in [0.1, 0.15) is 21.6 Å². The van der Waals surface area contributed by atoms with Gasteiger partial charge in [0.25, 0.3) is 5.91 Å². The second-order valence-electron chi connectivity index (χ2n) is 6.18. The van der Waals surface area contributed by atoms with E-state index in [9.17, 15) is 9.59 Å². The first-order valence-electron chi connectivity index (χ1n) is 8.68. The van der Waals surface area contributed by atoms with Crippen LogP contribution in [-0.4, -0.2) is 29.9 Å². The highest BCUT2D eigenvalue weighted by atomic mass is 16.5. The molecule has 0 spiro atoms. The molecule has 0 bridgehead atoms. The Hall–Kier alpha value is -3.61. The molecule has 3 aromatic rings. The van der Waals surface area contributed by atoms with Crippen LogP contribution < -0.4 is 20.2 Å². The van der Waals surface area contributed by atoms with Crippen molar-refractivity contribution in [2.24, 2.45) is 0 Å². The highest BCUT2D eigenvalue weighted by molar-refractivity contribution is 5.92. The van der Waals surface area contributed by atoms with E-state index in [1.807, 2.05) is 55.5 Å². The third kappa shape index (κ3) is 4.20. The summed E-state index contributed by atoms with van der Waals surface area (Å²) in [5.74, 6) is 0.380. The van der Waals surface area contributed by atoms with Gasteiger partial charge in [0.15, 0.2) is 5.69 Å². The first-order chi connectivity index (χ1) is 13.5. The molecule has 1 N–H and O–H groups in total. The van der Waals surface area contributed by atoms with E-state index >= 15 is 0 Å². The van der Waals surface area contributed by atoms with Crippen LogP contribution in [0.3, 0.4) is 0 Å². The second kappa shape index (κ2) is 8.39. The first-order valence-corrected chi connectivity index (χ1v) is 8.68. The Morgan fingerprint density at radius 3 is 2.50 bits per heavy atom. The summed E-state index contributed by atoms with van der Waals surface area (Å²) in [6, 6.07) is 16.1. The van der Waals surface area contributed by atoms with Gasteiger partial charge in [-0.15, -0.1) is 0 Å². The number of nitrogens with one attached hydrogen (secondary N) is 1. The van der Waals surface area contributed by atoms with Crippen molar-refractivity contribution in [2.45, 2.75) is 13.5 Å². The van der Waals surface area contributed by atoms with E-state index in [4.69, 9.17) is 9.47 Å². The van der Waals surface area contributed by atoms with Gasteiger partial charge in [-0.2, -0.15) is 5.10 Å². The van der Waals surface area contributed by atoms with Gasteiger partial charge in [0.1, 0.15) is 5.75 Å². The van der Waals surface area contributed by atoms with E-state index < -0.39 is 11.3 Å². The molecule has 0 atom stereocenters. The SMILES string of the molecule is COc1cccc(CNC(=O)c2nn(-c3ccc(C)cc3)c(OC)cc2=O)c1. The average Bonchev–Trinajstić information content (AvgIpc) is 2.72. The summed E-state index contributed by atoms with van der Waals surface area (Å²) >= 11 is 0. The number of benzene rings is 2. The van der Waals surface area contributed by atoms with Gasteiger partial charge in [-0.25, -0.2) is 4.68 Å². The molecular weight excluding hydrogens is 358 g/mol. The third-order valence-corrected chi connectivity index (χ3v) is 4.19. The van der Waals surface area contributed by atoms with Crippen LogP contribution in [0.2, 0.25) is 0 Å². The highest BCUT2D eigenvalue weighted by Crippen LogP contribution is 2.16. The lowest BCUT2D eigenvalue weighted by Gasteiger charge is -2.13. The van der Waals surface area contributed by atoms with Gasteiger partial charge < -0.3 is 14.8 Å². The summed E-state index contributed by atoms with van der Waals surface area (Å²) in [6.45, 7) is 2.21. The molecule has 7 heteroatoms. The summed E-state index contributed by atoms with van der Waals surface area (Å²) in [4.78, 5) is 24.9. The molecule has 1 heterocycles. The zero-order valence-corrected chi connectivity index (χ0v) is 15.9. The van der Waals surface area contributed by atoms with Crippen LogP contribution in [-0.2, 0) is 6.54 Å². The van der Waals surface area contributed by atoms with Crippen molar-refractivity contribution in [2.75, 3.05) is 14.2 Å². The molecule has 1 aromatic heterocycles. The fraction of sp³-hybridized carbons (Fsp3) is 0.190. The number of carbonyl (C=O) groups excluding carboxylic acids is 1. The van der Waals surface area contributed by atoms with E-state index in [0.717, 1.165) is 11.1 Å². The minimum absolute atomic E-state index is 0.204. The van der Waals surface area contributed by atoms with Crippen molar-refractivity contribution in [1.82, 2.24) is 15.1 Å². The molecule has 0 saturated heterocycles. The van der Waals surface area contributed by atoms with E-state index in [1.54, 1.807) is 7.11 Å². The predicted octanol–water partition coefficient (Wildman–Crippen LogP) is 2.49. The maximum absolute atomic E-state index is 12.6. The molecular formula is C21H21N3O4. The van der Waals surface area contributed by atoms with Crippen LogP contribution in [0.4, 0.5) is 0 Å². The van der Waals surface area contributed by atoms with Crippen molar-refractivity contribution >= 4 is 5.91 Å². The number of amides is 1. The molecule has 1 amide bonds. The van der Waals surface area contributed by atoms with Crippen molar-refractivity contribution in [1.29, 1.82) is 0 Å². The van der Waals surface area contributed by atoms with Crippen molar-refractivity contribution in [3.05, 3.63) is 81.6 Å². The number of methoxy groups -OCH3 is 2. The molecule has 0 aliphatic heterocycles. The minimum atomic E-state index is -0.559. The standard InChI is InChI=1S/C21H21N3O4/c1-14-7-9-16(10-8-14)24-19(28-3)12-18(25)20(23-24)21(26)22-13-15-5-4-6-17(11-15)27-2/h4-12H,13H2,1-3H3,(H,22,26). The lowest BCUT2D eigenvalue weighted by molar-refractivity contribution is 0.0942. The Morgan fingerprint density at radius 1 is 1.07 bits per heavy atom. The lowest BCUT2D eigenvalue weighted by atomic mass is 10.2. The molecule has 3 rings (SSSR count). The number of carbonyl (C=O) groups is 1. The van der Waals surface area contributed by atoms with Crippen molar-refractivity contribution in [3.63, 3.8) is 0 Å². The van der Waals surface area contributed by atoms with Crippen molar-refractivity contribution in [3.8, 4) is 17.3 Å². The number of aryl methyl sites for hydroxylation is 1. The molecule has 0 aliphatic carbocycles. The Balaban J connectivity index is 1.88. The van der Waals surface area contributed by atoms with Gasteiger partial charge in [-0.1, -0.05) is 29.8 Å². The molecule has 0 fully saturated rings. The Bertz CT molecular complexity index is 1040. The molecule has 0 radical (unpaired) electrons. The molecule has 144 valence electrons. The van der Waals surface area contributed by atoms with E-state index in [-0.39, 0.29) is 18.1 Å². The maximum atomic E-state index is 12.6. The normalized spacial score (nSPS) is 10.4. The number of aromatic nitrogens is 2. The molecule has 7 nitrogen and oxygen atoms in total. The molecule has 2 aromatic carbocycles. The largest absolute Gasteiger partial charge is 0.497 e. The lowest BCUT2D eigenvalue weighted by Crippen LogP contribution is -2.31. The monoisotopic (exact) mass is 379 g/mol. The Labute approximate surface area is 162 Å². The van der Waals surface area contributed by atoms with E-state index in [1.165, 1.54) is 17.9 Å². The van der Waals surface area contributed by atoms with Crippen molar-refractivity contribution < 1.29 is 14.3 Å². The van der Waals surface area contributed by atoms with E-state index in [2.05, 4.69) is 10.4 Å². The predicted molar refractivity (Wildman–Crippen MR) is 105 cm³/mol. The van der Waals surface area contributed by atoms with Gasteiger partial charge in [-0.05, 0) is 36.8 Å². The van der Waals surface area contributed by atoms with Crippen LogP contribution in [0, 0.1) is 6.92 Å². The maximum Gasteiger partial charge on any atom is 0.276 e. The molecule has 0 aliphatic rings. The fourth-order valence-corrected chi connectivity index (χ4v) is 2.66. The smallest absolute Gasteiger partial charge is 0.276 e. The summed E-state index contributed by atoms with van der Waals surface area (Å²) in [6.07, 6.45) is 0. The zero-order chi connectivity index (χ0) is 20.1. The van der Waals surface area contributed by atoms with Gasteiger partial charge in [0.2, 0.25) is 11.3 Å². The number of hydrogen-bond acceptors (Lipinski definition) is 5. The number of hydrogen-bond donors (Lipinski definition) is 1. The van der Waals surface area contributed by atoms with Crippen LogP contribution >= 0.6 is 0 Å². The van der Waals surface area contributed by atoms with Crippen LogP contribution in [0.25, 0.3) is 5.69 Å². The van der Waals surface area contributed by atoms with Gasteiger partial charge in [-0.3, -0.25) is 9.59 Å². The quantitative estimate of drug-likeness (QED) is 0.712. The molecule has 0 unspecified atom stereocenters. The Kier molecular flexibility index (Phi) is 5.74. The summed E-state index contributed by atoms with van der Waals surface area (Å²) in [5.41, 5.74) is 1.90. The Morgan fingerprint density at radius 2 is 1.82 bits per heavy atom. The second-order valence-corrected chi connectivity index (χ2v) is 6.18. The first kappa shape index (κ1) is 19.2. The molecule has 28 heavy (non-hydrogen) atoms.